The molecule has 1 N–H and O–H groups in total. The predicted octanol–water partition coefficient (Wildman–Crippen LogP) is 5.20. The summed E-state index contributed by atoms with van der Waals surface area (Å²) in [6.07, 6.45) is -4.89. The number of alkyl halides is 3. The van der Waals surface area contributed by atoms with Crippen LogP contribution in [0, 0.1) is 0 Å². The zero-order valence-corrected chi connectivity index (χ0v) is 13.9. The molecule has 0 bridgehead atoms. The number of anilines is 1. The highest BCUT2D eigenvalue weighted by atomic mass is 35.5. The van der Waals surface area contributed by atoms with Crippen LogP contribution < -0.4 is 10.1 Å². The third-order valence-corrected chi connectivity index (χ3v) is 3.91. The molecule has 3 nitrogen and oxygen atoms in total. The number of rotatable bonds is 4. The maximum atomic E-state index is 13.1. The number of hydrogen-bond acceptors (Lipinski definition) is 2. The summed E-state index contributed by atoms with van der Waals surface area (Å²) in [5.41, 5.74) is -1.02. The quantitative estimate of drug-likeness (QED) is 0.794. The maximum Gasteiger partial charge on any atom is 0.418 e. The summed E-state index contributed by atoms with van der Waals surface area (Å²) in [6, 6.07) is 7.98. The third-order valence-electron chi connectivity index (χ3n) is 3.21. The Morgan fingerprint density at radius 2 is 1.79 bits per heavy atom. The largest absolute Gasteiger partial charge is 0.497 e. The highest BCUT2D eigenvalue weighted by Gasteiger charge is 2.34. The molecule has 1 amide bonds. The number of nitrogens with one attached hydrogen (secondary N) is 1. The summed E-state index contributed by atoms with van der Waals surface area (Å²) in [5, 5.41) is 2.77. The summed E-state index contributed by atoms with van der Waals surface area (Å²) in [6.45, 7) is 0. The molecule has 24 heavy (non-hydrogen) atoms. The molecule has 0 saturated heterocycles. The highest BCUT2D eigenvalue weighted by molar-refractivity contribution is 6.36. The second kappa shape index (κ2) is 7.32. The molecule has 2 rings (SSSR count). The number of hydrogen-bond donors (Lipinski definition) is 1. The predicted molar refractivity (Wildman–Crippen MR) is 86.8 cm³/mol. The highest BCUT2D eigenvalue weighted by Crippen LogP contribution is 2.37. The van der Waals surface area contributed by atoms with Gasteiger partial charge in [-0.15, -0.1) is 0 Å². The molecule has 0 aliphatic carbocycles. The average molecular weight is 378 g/mol. The van der Waals surface area contributed by atoms with Gasteiger partial charge in [0.05, 0.1) is 24.8 Å². The Labute approximate surface area is 146 Å². The van der Waals surface area contributed by atoms with Gasteiger partial charge in [-0.25, -0.2) is 0 Å². The van der Waals surface area contributed by atoms with Crippen LogP contribution in [-0.2, 0) is 17.4 Å². The van der Waals surface area contributed by atoms with Gasteiger partial charge in [-0.1, -0.05) is 29.3 Å². The molecule has 0 spiro atoms. The number of methoxy groups -OCH3 is 1. The maximum absolute atomic E-state index is 13.1. The molecule has 8 heteroatoms. The molecule has 2 aromatic rings. The summed E-state index contributed by atoms with van der Waals surface area (Å²) in [7, 11) is 1.26. The number of halogens is 5. The second-order valence-electron chi connectivity index (χ2n) is 4.83. The van der Waals surface area contributed by atoms with Crippen molar-refractivity contribution < 1.29 is 22.7 Å². The molecule has 0 aliphatic heterocycles. The number of amides is 1. The molecule has 0 heterocycles. The Kier molecular flexibility index (Phi) is 5.62. The molecule has 0 atom stereocenters. The lowest BCUT2D eigenvalue weighted by atomic mass is 10.1. The van der Waals surface area contributed by atoms with E-state index in [1.54, 1.807) is 18.2 Å². The van der Waals surface area contributed by atoms with Crippen molar-refractivity contribution in [1.29, 1.82) is 0 Å². The molecule has 128 valence electrons. The van der Waals surface area contributed by atoms with Gasteiger partial charge in [0.15, 0.2) is 0 Å². The summed E-state index contributed by atoms with van der Waals surface area (Å²) >= 11 is 11.9. The first kappa shape index (κ1) is 18.4. The van der Waals surface area contributed by atoms with E-state index in [1.807, 2.05) is 0 Å². The minimum absolute atomic E-state index is 0.0365. The van der Waals surface area contributed by atoms with Gasteiger partial charge in [-0.3, -0.25) is 4.79 Å². The van der Waals surface area contributed by atoms with Gasteiger partial charge in [0.1, 0.15) is 5.75 Å². The lowest BCUT2D eigenvalue weighted by Gasteiger charge is -2.15. The van der Waals surface area contributed by atoms with Crippen LogP contribution in [-0.4, -0.2) is 13.0 Å². The standard InChI is InChI=1S/C16H12Cl2F3NO2/c1-24-9-5-6-14(11(7-9)16(19,20)21)22-15(23)8-10-12(17)3-2-4-13(10)18/h2-7H,8H2,1H3,(H,22,23). The van der Waals surface area contributed by atoms with Crippen molar-refractivity contribution in [1.82, 2.24) is 0 Å². The van der Waals surface area contributed by atoms with Crippen molar-refractivity contribution >= 4 is 34.8 Å². The van der Waals surface area contributed by atoms with Gasteiger partial charge in [-0.2, -0.15) is 13.2 Å². The Balaban J connectivity index is 2.26. The number of ether oxygens (including phenoxy) is 1. The van der Waals surface area contributed by atoms with Gasteiger partial charge < -0.3 is 10.1 Å². The van der Waals surface area contributed by atoms with Gasteiger partial charge >= 0.3 is 6.18 Å². The fraction of sp³-hybridized carbons (Fsp3) is 0.188. The normalized spacial score (nSPS) is 11.2. The molecule has 2 aromatic carbocycles. The molecule has 0 unspecified atom stereocenters. The topological polar surface area (TPSA) is 38.3 Å². The van der Waals surface area contributed by atoms with Crippen LogP contribution in [0.5, 0.6) is 5.75 Å². The fourth-order valence-corrected chi connectivity index (χ4v) is 2.58. The SMILES string of the molecule is COc1ccc(NC(=O)Cc2c(Cl)cccc2Cl)c(C(F)(F)F)c1. The van der Waals surface area contributed by atoms with E-state index in [2.05, 4.69) is 5.32 Å². The van der Waals surface area contributed by atoms with Crippen LogP contribution in [0.15, 0.2) is 36.4 Å². The van der Waals surface area contributed by atoms with E-state index >= 15 is 0 Å². The summed E-state index contributed by atoms with van der Waals surface area (Å²) < 4.78 is 44.2. The van der Waals surface area contributed by atoms with Crippen molar-refractivity contribution in [3.63, 3.8) is 0 Å². The summed E-state index contributed by atoms with van der Waals surface area (Å²) in [4.78, 5) is 12.1. The van der Waals surface area contributed by atoms with Gasteiger partial charge in [0.25, 0.3) is 0 Å². The lowest BCUT2D eigenvalue weighted by molar-refractivity contribution is -0.137. The van der Waals surface area contributed by atoms with Crippen molar-refractivity contribution in [2.24, 2.45) is 0 Å². The van der Waals surface area contributed by atoms with Crippen LogP contribution in [0.3, 0.4) is 0 Å². The first-order chi connectivity index (χ1) is 11.2. The van der Waals surface area contributed by atoms with Crippen molar-refractivity contribution in [2.75, 3.05) is 12.4 Å². The third kappa shape index (κ3) is 4.33. The summed E-state index contributed by atoms with van der Waals surface area (Å²) in [5.74, 6) is -0.630. The van der Waals surface area contributed by atoms with Crippen molar-refractivity contribution in [2.45, 2.75) is 12.6 Å². The molecule has 0 aliphatic rings. The Morgan fingerprint density at radius 1 is 1.17 bits per heavy atom. The molecule has 0 aromatic heterocycles. The number of benzene rings is 2. The van der Waals surface area contributed by atoms with Crippen LogP contribution in [0.2, 0.25) is 10.0 Å². The van der Waals surface area contributed by atoms with E-state index in [4.69, 9.17) is 27.9 Å². The first-order valence-corrected chi connectivity index (χ1v) is 7.46. The minimum Gasteiger partial charge on any atom is -0.497 e. The Bertz CT molecular complexity index is 743. The second-order valence-corrected chi connectivity index (χ2v) is 5.65. The zero-order valence-electron chi connectivity index (χ0n) is 12.4. The zero-order chi connectivity index (χ0) is 17.9. The molecular weight excluding hydrogens is 366 g/mol. The van der Waals surface area contributed by atoms with E-state index in [1.165, 1.54) is 13.2 Å². The van der Waals surface area contributed by atoms with E-state index in [-0.39, 0.29) is 27.9 Å². The van der Waals surface area contributed by atoms with Gasteiger partial charge in [0, 0.05) is 10.0 Å². The number of carbonyl (C=O) groups excluding carboxylic acids is 1. The van der Waals surface area contributed by atoms with Crippen LogP contribution in [0.4, 0.5) is 18.9 Å². The molecule has 0 radical (unpaired) electrons. The smallest absolute Gasteiger partial charge is 0.418 e. The van der Waals surface area contributed by atoms with Crippen molar-refractivity contribution in [3.05, 3.63) is 57.6 Å². The number of carbonyl (C=O) groups is 1. The Morgan fingerprint density at radius 3 is 2.33 bits per heavy atom. The van der Waals surface area contributed by atoms with Crippen LogP contribution >= 0.6 is 23.2 Å². The average Bonchev–Trinajstić information content (AvgIpc) is 2.50. The fourth-order valence-electron chi connectivity index (χ4n) is 2.05. The molecule has 0 saturated carbocycles. The van der Waals surface area contributed by atoms with Crippen LogP contribution in [0.25, 0.3) is 0 Å². The molecular formula is C16H12Cl2F3NO2. The van der Waals surface area contributed by atoms with Crippen molar-refractivity contribution in [3.8, 4) is 5.75 Å². The van der Waals surface area contributed by atoms with Gasteiger partial charge in [-0.05, 0) is 35.9 Å². The Hall–Kier alpha value is -1.92. The lowest BCUT2D eigenvalue weighted by Crippen LogP contribution is -2.18. The molecule has 0 fully saturated rings. The van der Waals surface area contributed by atoms with E-state index in [0.717, 1.165) is 12.1 Å². The van der Waals surface area contributed by atoms with E-state index in [9.17, 15) is 18.0 Å². The first-order valence-electron chi connectivity index (χ1n) is 6.70. The van der Waals surface area contributed by atoms with E-state index < -0.39 is 17.6 Å². The minimum atomic E-state index is -4.64. The monoisotopic (exact) mass is 377 g/mol. The van der Waals surface area contributed by atoms with Gasteiger partial charge in [0.2, 0.25) is 5.91 Å². The van der Waals surface area contributed by atoms with E-state index in [0.29, 0.717) is 5.56 Å². The van der Waals surface area contributed by atoms with Crippen LogP contribution in [0.1, 0.15) is 11.1 Å².